The van der Waals surface area contributed by atoms with E-state index in [1.807, 2.05) is 0 Å². The van der Waals surface area contributed by atoms with Crippen LogP contribution < -0.4 is 0 Å². The molecule has 0 aliphatic carbocycles. The molecule has 0 atom stereocenters. The number of nitrogens with zero attached hydrogens (tertiary/aromatic N) is 2. The van der Waals surface area contributed by atoms with Gasteiger partial charge < -0.3 is 4.90 Å². The highest BCUT2D eigenvalue weighted by Gasteiger charge is 2.26. The third kappa shape index (κ3) is 3.75. The van der Waals surface area contributed by atoms with Crippen LogP contribution in [0, 0.1) is 0 Å². The molecule has 1 heterocycles. The fraction of sp³-hybridized carbons (Fsp3) is 0.500. The van der Waals surface area contributed by atoms with Crippen LogP contribution in [0.4, 0.5) is 0 Å². The van der Waals surface area contributed by atoms with E-state index in [2.05, 4.69) is 0 Å². The molecule has 0 N–H and O–H groups in total. The standard InChI is InChI=1S/C14H19ClN2O3S/c1-2-21(19,20)17-9-5-8-16(10-11-17)14(18)12-6-3-4-7-13(12)15/h3-4,6-7H,2,5,8-11H2,1H3. The molecule has 1 aliphatic rings. The summed E-state index contributed by atoms with van der Waals surface area (Å²) in [5.74, 6) is -0.0535. The number of sulfonamides is 1. The summed E-state index contributed by atoms with van der Waals surface area (Å²) in [7, 11) is -3.20. The van der Waals surface area contributed by atoms with Crippen molar-refractivity contribution in [3.05, 3.63) is 34.9 Å². The first kappa shape index (κ1) is 16.3. The summed E-state index contributed by atoms with van der Waals surface area (Å²) < 4.78 is 25.3. The van der Waals surface area contributed by atoms with Crippen LogP contribution in [0.2, 0.25) is 5.02 Å². The zero-order valence-corrected chi connectivity index (χ0v) is 13.5. The second-order valence-electron chi connectivity index (χ2n) is 4.93. The Bertz CT molecular complexity index is 618. The number of hydrogen-bond acceptors (Lipinski definition) is 3. The highest BCUT2D eigenvalue weighted by Crippen LogP contribution is 2.18. The van der Waals surface area contributed by atoms with Crippen molar-refractivity contribution in [2.75, 3.05) is 31.9 Å². The molecule has 0 unspecified atom stereocenters. The second-order valence-corrected chi connectivity index (χ2v) is 7.59. The lowest BCUT2D eigenvalue weighted by molar-refractivity contribution is 0.0764. The van der Waals surface area contributed by atoms with Crippen molar-refractivity contribution in [2.24, 2.45) is 0 Å². The monoisotopic (exact) mass is 330 g/mol. The summed E-state index contributed by atoms with van der Waals surface area (Å²) >= 11 is 6.05. The van der Waals surface area contributed by atoms with Gasteiger partial charge in [-0.2, -0.15) is 0 Å². The molecule has 7 heteroatoms. The average molecular weight is 331 g/mol. The maximum atomic E-state index is 12.5. The van der Waals surface area contributed by atoms with Crippen molar-refractivity contribution in [2.45, 2.75) is 13.3 Å². The third-order valence-corrected chi connectivity index (χ3v) is 5.82. The van der Waals surface area contributed by atoms with Crippen molar-refractivity contribution >= 4 is 27.5 Å². The van der Waals surface area contributed by atoms with Gasteiger partial charge in [0.1, 0.15) is 0 Å². The van der Waals surface area contributed by atoms with E-state index in [9.17, 15) is 13.2 Å². The van der Waals surface area contributed by atoms with Gasteiger partial charge in [-0.3, -0.25) is 4.79 Å². The van der Waals surface area contributed by atoms with Gasteiger partial charge in [0, 0.05) is 26.2 Å². The number of rotatable bonds is 3. The predicted molar refractivity (Wildman–Crippen MR) is 83.0 cm³/mol. The van der Waals surface area contributed by atoms with Gasteiger partial charge in [-0.15, -0.1) is 0 Å². The summed E-state index contributed by atoms with van der Waals surface area (Å²) in [4.78, 5) is 14.1. The number of halogens is 1. The largest absolute Gasteiger partial charge is 0.337 e. The Morgan fingerprint density at radius 2 is 1.90 bits per heavy atom. The van der Waals surface area contributed by atoms with Gasteiger partial charge in [0.15, 0.2) is 0 Å². The third-order valence-electron chi connectivity index (χ3n) is 3.60. The fourth-order valence-corrected chi connectivity index (χ4v) is 3.71. The second kappa shape index (κ2) is 6.77. The molecule has 116 valence electrons. The summed E-state index contributed by atoms with van der Waals surface area (Å²) in [6.07, 6.45) is 0.634. The SMILES string of the molecule is CCS(=O)(=O)N1CCCN(C(=O)c2ccccc2Cl)CC1. The van der Waals surface area contributed by atoms with Crippen LogP contribution in [0.1, 0.15) is 23.7 Å². The van der Waals surface area contributed by atoms with Gasteiger partial charge in [0.25, 0.3) is 5.91 Å². The zero-order chi connectivity index (χ0) is 15.5. The van der Waals surface area contributed by atoms with Gasteiger partial charge in [0.05, 0.1) is 16.3 Å². The van der Waals surface area contributed by atoms with Crippen molar-refractivity contribution in [3.63, 3.8) is 0 Å². The van der Waals surface area contributed by atoms with E-state index in [0.29, 0.717) is 43.2 Å². The molecule has 0 spiro atoms. The maximum absolute atomic E-state index is 12.5. The van der Waals surface area contributed by atoms with Crippen LogP contribution in [-0.4, -0.2) is 55.5 Å². The van der Waals surface area contributed by atoms with Gasteiger partial charge in [-0.05, 0) is 25.5 Å². The molecular formula is C14H19ClN2O3S. The number of amides is 1. The van der Waals surface area contributed by atoms with Crippen LogP contribution in [-0.2, 0) is 10.0 Å². The summed E-state index contributed by atoms with van der Waals surface area (Å²) in [5, 5.41) is 0.421. The van der Waals surface area contributed by atoms with E-state index in [0.717, 1.165) is 0 Å². The van der Waals surface area contributed by atoms with Crippen molar-refractivity contribution < 1.29 is 13.2 Å². The molecular weight excluding hydrogens is 312 g/mol. The van der Waals surface area contributed by atoms with Crippen molar-refractivity contribution in [1.82, 2.24) is 9.21 Å². The predicted octanol–water partition coefficient (Wildman–Crippen LogP) is 1.84. The first-order chi connectivity index (χ1) is 9.95. The number of hydrogen-bond donors (Lipinski definition) is 0. The minimum atomic E-state index is -3.20. The molecule has 1 aliphatic heterocycles. The lowest BCUT2D eigenvalue weighted by atomic mass is 10.2. The normalized spacial score (nSPS) is 17.5. The molecule has 1 saturated heterocycles. The molecule has 0 saturated carbocycles. The lowest BCUT2D eigenvalue weighted by Gasteiger charge is -2.22. The van der Waals surface area contributed by atoms with Gasteiger partial charge in [0.2, 0.25) is 10.0 Å². The molecule has 2 rings (SSSR count). The number of carbonyl (C=O) groups is 1. The molecule has 0 aromatic heterocycles. The maximum Gasteiger partial charge on any atom is 0.255 e. The van der Waals surface area contributed by atoms with E-state index in [1.54, 1.807) is 36.1 Å². The molecule has 1 amide bonds. The Kier molecular flexibility index (Phi) is 5.24. The van der Waals surface area contributed by atoms with Crippen LogP contribution in [0.3, 0.4) is 0 Å². The Hall–Kier alpha value is -1.11. The topological polar surface area (TPSA) is 57.7 Å². The molecule has 21 heavy (non-hydrogen) atoms. The quantitative estimate of drug-likeness (QED) is 0.849. The molecule has 1 aromatic rings. The Morgan fingerprint density at radius 1 is 1.19 bits per heavy atom. The van der Waals surface area contributed by atoms with Crippen LogP contribution in [0.15, 0.2) is 24.3 Å². The minimum absolute atomic E-state index is 0.0887. The van der Waals surface area contributed by atoms with Gasteiger partial charge in [-0.1, -0.05) is 23.7 Å². The van der Waals surface area contributed by atoms with Crippen molar-refractivity contribution in [1.29, 1.82) is 0 Å². The Morgan fingerprint density at radius 3 is 2.57 bits per heavy atom. The van der Waals surface area contributed by atoms with E-state index < -0.39 is 10.0 Å². The van der Waals surface area contributed by atoms with Crippen LogP contribution in [0.25, 0.3) is 0 Å². The zero-order valence-electron chi connectivity index (χ0n) is 12.0. The van der Waals surface area contributed by atoms with Crippen molar-refractivity contribution in [3.8, 4) is 0 Å². The fourth-order valence-electron chi connectivity index (χ4n) is 2.36. The summed E-state index contributed by atoms with van der Waals surface area (Å²) in [6, 6.07) is 6.92. The van der Waals surface area contributed by atoms with Crippen LogP contribution >= 0.6 is 11.6 Å². The summed E-state index contributed by atoms with van der Waals surface area (Å²) in [5.41, 5.74) is 0.464. The van der Waals surface area contributed by atoms with E-state index in [4.69, 9.17) is 11.6 Å². The smallest absolute Gasteiger partial charge is 0.255 e. The van der Waals surface area contributed by atoms with Gasteiger partial charge in [-0.25, -0.2) is 12.7 Å². The van der Waals surface area contributed by atoms with Gasteiger partial charge >= 0.3 is 0 Å². The number of benzene rings is 1. The minimum Gasteiger partial charge on any atom is -0.337 e. The Balaban J connectivity index is 2.10. The molecule has 1 aromatic carbocycles. The molecule has 0 bridgehead atoms. The first-order valence-electron chi connectivity index (χ1n) is 6.97. The van der Waals surface area contributed by atoms with Crippen LogP contribution in [0.5, 0.6) is 0 Å². The van der Waals surface area contributed by atoms with E-state index in [1.165, 1.54) is 4.31 Å². The van der Waals surface area contributed by atoms with E-state index in [-0.39, 0.29) is 11.7 Å². The summed E-state index contributed by atoms with van der Waals surface area (Å²) in [6.45, 7) is 3.37. The molecule has 5 nitrogen and oxygen atoms in total. The molecule has 0 radical (unpaired) electrons. The number of carbonyl (C=O) groups excluding carboxylic acids is 1. The Labute approximate surface area is 130 Å². The first-order valence-corrected chi connectivity index (χ1v) is 8.96. The lowest BCUT2D eigenvalue weighted by Crippen LogP contribution is -2.38. The highest BCUT2D eigenvalue weighted by molar-refractivity contribution is 7.89. The average Bonchev–Trinajstić information content (AvgIpc) is 2.73. The van der Waals surface area contributed by atoms with E-state index >= 15 is 0 Å². The molecule has 1 fully saturated rings. The highest BCUT2D eigenvalue weighted by atomic mass is 35.5.